The summed E-state index contributed by atoms with van der Waals surface area (Å²) in [7, 11) is 0. The van der Waals surface area contributed by atoms with Crippen LogP contribution in [0.15, 0.2) is 29.4 Å². The zero-order chi connectivity index (χ0) is 7.23. The Morgan fingerprint density at radius 1 is 1.60 bits per heavy atom. The Morgan fingerprint density at radius 2 is 2.50 bits per heavy atom. The van der Waals surface area contributed by atoms with Crippen molar-refractivity contribution in [2.45, 2.75) is 18.4 Å². The van der Waals surface area contributed by atoms with E-state index in [4.69, 9.17) is 0 Å². The summed E-state index contributed by atoms with van der Waals surface area (Å²) < 4.78 is 0. The van der Waals surface area contributed by atoms with Crippen LogP contribution >= 0.6 is 11.8 Å². The lowest BCUT2D eigenvalue weighted by molar-refractivity contribution is 1.13. The molecule has 0 aliphatic carbocycles. The number of hydrogen-bond donors (Lipinski definition) is 0. The van der Waals surface area contributed by atoms with E-state index >= 15 is 0 Å². The first-order chi connectivity index (χ1) is 4.93. The van der Waals surface area contributed by atoms with Crippen LogP contribution in [0, 0.1) is 5.75 Å². The summed E-state index contributed by atoms with van der Waals surface area (Å²) in [4.78, 5) is 4.15. The molecule has 0 amide bonds. The maximum Gasteiger partial charge on any atom is 0.0962 e. The molecule has 1 heterocycles. The normalized spacial score (nSPS) is 9.70. The summed E-state index contributed by atoms with van der Waals surface area (Å²) in [6.45, 7) is 2.12. The maximum absolute atomic E-state index is 4.15. The average Bonchev–Trinajstić information content (AvgIpc) is 2.03. The molecule has 0 aliphatic rings. The lowest BCUT2D eigenvalue weighted by atomic mass is 10.5. The van der Waals surface area contributed by atoms with Crippen LogP contribution in [0.25, 0.3) is 0 Å². The molecular weight excluding hydrogens is 142 g/mol. The van der Waals surface area contributed by atoms with Crippen molar-refractivity contribution >= 4 is 11.8 Å². The second-order valence-electron chi connectivity index (χ2n) is 1.86. The Balaban J connectivity index is 2.43. The molecule has 53 valence electrons. The van der Waals surface area contributed by atoms with Crippen molar-refractivity contribution in [3.8, 4) is 0 Å². The Bertz CT molecular complexity index is 174. The minimum Gasteiger partial charge on any atom is -0.250 e. The lowest BCUT2D eigenvalue weighted by Crippen LogP contribution is -1.74. The third-order valence-electron chi connectivity index (χ3n) is 1.01. The van der Waals surface area contributed by atoms with E-state index in [0.29, 0.717) is 0 Å². The number of nitrogens with zero attached hydrogens (tertiary/aromatic N) is 1. The highest BCUT2D eigenvalue weighted by Gasteiger charge is 1.89. The first kappa shape index (κ1) is 7.61. The predicted octanol–water partition coefficient (Wildman–Crippen LogP) is 2.75. The smallest absolute Gasteiger partial charge is 0.0962 e. The molecule has 0 aromatic carbocycles. The lowest BCUT2D eigenvalue weighted by Gasteiger charge is -1.94. The molecule has 0 aliphatic heterocycles. The van der Waals surface area contributed by atoms with Crippen molar-refractivity contribution in [1.82, 2.24) is 4.98 Å². The predicted molar refractivity (Wildman–Crippen MR) is 44.7 cm³/mol. The molecule has 0 atom stereocenters. The van der Waals surface area contributed by atoms with Crippen molar-refractivity contribution in [1.29, 1.82) is 0 Å². The van der Waals surface area contributed by atoms with Gasteiger partial charge in [-0.15, -0.1) is 11.8 Å². The van der Waals surface area contributed by atoms with Gasteiger partial charge in [0.05, 0.1) is 5.03 Å². The highest BCUT2D eigenvalue weighted by atomic mass is 32.2. The third kappa shape index (κ3) is 2.40. The van der Waals surface area contributed by atoms with E-state index < -0.39 is 0 Å². The van der Waals surface area contributed by atoms with Crippen LogP contribution in [0.5, 0.6) is 0 Å². The molecule has 0 fully saturated rings. The maximum atomic E-state index is 4.15. The largest absolute Gasteiger partial charge is 0.250 e. The summed E-state index contributed by atoms with van der Waals surface area (Å²) in [6.07, 6.45) is 2.90. The molecule has 1 nitrogen and oxygen atoms in total. The van der Waals surface area contributed by atoms with Crippen LogP contribution in [0.1, 0.15) is 13.3 Å². The highest BCUT2D eigenvalue weighted by molar-refractivity contribution is 8.01. The quantitative estimate of drug-likeness (QED) is 0.618. The van der Waals surface area contributed by atoms with Gasteiger partial charge in [0.1, 0.15) is 0 Å². The molecule has 1 aromatic heterocycles. The molecule has 2 heteroatoms. The van der Waals surface area contributed by atoms with Crippen LogP contribution in [0.2, 0.25) is 0 Å². The van der Waals surface area contributed by atoms with E-state index in [2.05, 4.69) is 17.7 Å². The summed E-state index contributed by atoms with van der Waals surface area (Å²) in [5, 5.41) is 1.07. The van der Waals surface area contributed by atoms with Crippen LogP contribution in [-0.2, 0) is 0 Å². The second-order valence-corrected chi connectivity index (χ2v) is 2.85. The first-order valence-electron chi connectivity index (χ1n) is 3.33. The van der Waals surface area contributed by atoms with Gasteiger partial charge in [0.15, 0.2) is 0 Å². The number of hydrogen-bond acceptors (Lipinski definition) is 2. The van der Waals surface area contributed by atoms with E-state index in [-0.39, 0.29) is 0 Å². The van der Waals surface area contributed by atoms with Gasteiger partial charge in [0.25, 0.3) is 0 Å². The van der Waals surface area contributed by atoms with Gasteiger partial charge in [0.2, 0.25) is 0 Å². The molecule has 0 saturated heterocycles. The van der Waals surface area contributed by atoms with Gasteiger partial charge in [-0.05, 0) is 18.6 Å². The van der Waals surface area contributed by atoms with Crippen LogP contribution in [-0.4, -0.2) is 4.98 Å². The number of rotatable bonds is 3. The minimum atomic E-state index is 1.07. The van der Waals surface area contributed by atoms with Crippen LogP contribution in [0.3, 0.4) is 0 Å². The van der Waals surface area contributed by atoms with Gasteiger partial charge in [-0.2, -0.15) is 0 Å². The van der Waals surface area contributed by atoms with E-state index in [0.717, 1.165) is 11.4 Å². The second kappa shape index (κ2) is 4.34. The number of aromatic nitrogens is 1. The zero-order valence-corrected chi connectivity index (χ0v) is 6.77. The average molecular weight is 152 g/mol. The summed E-state index contributed by atoms with van der Waals surface area (Å²) in [6, 6.07) is 5.94. The molecule has 0 spiro atoms. The Kier molecular flexibility index (Phi) is 3.30. The first-order valence-corrected chi connectivity index (χ1v) is 4.21. The van der Waals surface area contributed by atoms with Gasteiger partial charge in [0, 0.05) is 11.9 Å². The van der Waals surface area contributed by atoms with Gasteiger partial charge in [-0.1, -0.05) is 13.0 Å². The topological polar surface area (TPSA) is 12.9 Å². The van der Waals surface area contributed by atoms with Crippen molar-refractivity contribution < 1.29 is 0 Å². The van der Waals surface area contributed by atoms with Crippen LogP contribution in [0.4, 0.5) is 0 Å². The van der Waals surface area contributed by atoms with Crippen molar-refractivity contribution in [2.24, 2.45) is 0 Å². The Hall–Kier alpha value is -0.500. The van der Waals surface area contributed by atoms with Gasteiger partial charge >= 0.3 is 0 Å². The van der Waals surface area contributed by atoms with E-state index in [9.17, 15) is 0 Å². The standard InChI is InChI=1S/C8H10NS/c1-2-7-10-8-5-3-4-6-9-8/h3-7H,2H2,1H3. The molecule has 0 saturated carbocycles. The highest BCUT2D eigenvalue weighted by Crippen LogP contribution is 2.18. The molecular formula is C8H10NS. The number of pyridine rings is 1. The SMILES string of the molecule is CC[CH]Sc1ccccn1. The van der Waals surface area contributed by atoms with Crippen molar-refractivity contribution in [3.05, 3.63) is 30.1 Å². The fourth-order valence-electron chi connectivity index (χ4n) is 0.586. The van der Waals surface area contributed by atoms with Crippen molar-refractivity contribution in [3.63, 3.8) is 0 Å². The molecule has 1 rings (SSSR count). The Morgan fingerprint density at radius 3 is 3.10 bits per heavy atom. The Labute approximate surface area is 65.9 Å². The molecule has 0 N–H and O–H groups in total. The molecule has 0 bridgehead atoms. The number of thioether (sulfide) groups is 1. The van der Waals surface area contributed by atoms with Crippen LogP contribution < -0.4 is 0 Å². The third-order valence-corrected chi connectivity index (χ3v) is 1.99. The minimum absolute atomic E-state index is 1.07. The van der Waals surface area contributed by atoms with Crippen molar-refractivity contribution in [2.75, 3.05) is 0 Å². The summed E-state index contributed by atoms with van der Waals surface area (Å²) in [5.74, 6) is 2.14. The fourth-order valence-corrected chi connectivity index (χ4v) is 1.20. The van der Waals surface area contributed by atoms with Gasteiger partial charge in [-0.25, -0.2) is 4.98 Å². The van der Waals surface area contributed by atoms with E-state index in [1.165, 1.54) is 0 Å². The van der Waals surface area contributed by atoms with E-state index in [1.807, 2.05) is 24.4 Å². The molecule has 0 unspecified atom stereocenters. The van der Waals surface area contributed by atoms with E-state index in [1.54, 1.807) is 11.8 Å². The molecule has 1 radical (unpaired) electrons. The zero-order valence-electron chi connectivity index (χ0n) is 5.95. The van der Waals surface area contributed by atoms with Gasteiger partial charge < -0.3 is 0 Å². The molecule has 1 aromatic rings. The molecule has 10 heavy (non-hydrogen) atoms. The fraction of sp³-hybridized carbons (Fsp3) is 0.250. The summed E-state index contributed by atoms with van der Waals surface area (Å²) in [5.41, 5.74) is 0. The summed E-state index contributed by atoms with van der Waals surface area (Å²) >= 11 is 1.68. The van der Waals surface area contributed by atoms with Gasteiger partial charge in [-0.3, -0.25) is 0 Å². The monoisotopic (exact) mass is 152 g/mol.